The summed E-state index contributed by atoms with van der Waals surface area (Å²) >= 11 is 0. The van der Waals surface area contributed by atoms with Crippen LogP contribution in [0.2, 0.25) is 0 Å². The van der Waals surface area contributed by atoms with Crippen LogP contribution in [0.4, 0.5) is 0 Å². The number of hydrogen-bond donors (Lipinski definition) is 0. The summed E-state index contributed by atoms with van der Waals surface area (Å²) in [6.45, 7) is 6.92. The maximum absolute atomic E-state index is 4.63. The summed E-state index contributed by atoms with van der Waals surface area (Å²) in [4.78, 5) is 9.27. The summed E-state index contributed by atoms with van der Waals surface area (Å²) in [5.41, 5.74) is 3.83. The van der Waals surface area contributed by atoms with Crippen molar-refractivity contribution >= 4 is 0 Å². The van der Waals surface area contributed by atoms with Gasteiger partial charge in [-0.3, -0.25) is 0 Å². The smallest absolute Gasteiger partial charge is 0.159 e. The van der Waals surface area contributed by atoms with Crippen LogP contribution in [0.25, 0.3) is 11.4 Å². The molecule has 0 saturated carbocycles. The van der Waals surface area contributed by atoms with Gasteiger partial charge in [-0.2, -0.15) is 0 Å². The zero-order chi connectivity index (χ0) is 22.9. The lowest BCUT2D eigenvalue weighted by atomic mass is 10.0. The average Bonchev–Trinajstić information content (AvgIpc) is 2.81. The number of aromatic nitrogens is 2. The number of nitrogens with zero attached hydrogens (tertiary/aromatic N) is 2. The largest absolute Gasteiger partial charge is 0.236 e. The minimum absolute atomic E-state index is 0.848. The Labute approximate surface area is 198 Å². The highest BCUT2D eigenvalue weighted by atomic mass is 14.9. The summed E-state index contributed by atoms with van der Waals surface area (Å²) in [7, 11) is 0. The number of aryl methyl sites for hydroxylation is 2. The van der Waals surface area contributed by atoms with Crippen LogP contribution in [0.15, 0.2) is 36.7 Å². The molecule has 2 aromatic rings. The molecule has 0 atom stereocenters. The van der Waals surface area contributed by atoms with Crippen LogP contribution >= 0.6 is 0 Å². The summed E-state index contributed by atoms with van der Waals surface area (Å²) in [6, 6.07) is 8.88. The zero-order valence-electron chi connectivity index (χ0n) is 21.2. The van der Waals surface area contributed by atoms with Gasteiger partial charge in [0.2, 0.25) is 0 Å². The van der Waals surface area contributed by atoms with Gasteiger partial charge in [-0.05, 0) is 42.7 Å². The van der Waals surface area contributed by atoms with E-state index in [1.54, 1.807) is 0 Å². The second-order valence-corrected chi connectivity index (χ2v) is 10.0. The molecule has 1 aromatic carbocycles. The van der Waals surface area contributed by atoms with Crippen LogP contribution in [-0.2, 0) is 12.8 Å². The Balaban J connectivity index is 1.61. The summed E-state index contributed by atoms with van der Waals surface area (Å²) in [5, 5.41) is 0. The van der Waals surface area contributed by atoms with Gasteiger partial charge in [0.05, 0.1) is 0 Å². The Bertz CT molecular complexity index is 688. The van der Waals surface area contributed by atoms with Gasteiger partial charge in [0.25, 0.3) is 0 Å². The van der Waals surface area contributed by atoms with Crippen LogP contribution in [0.1, 0.15) is 122 Å². The van der Waals surface area contributed by atoms with Crippen molar-refractivity contribution in [2.45, 2.75) is 124 Å². The topological polar surface area (TPSA) is 25.8 Å². The molecule has 0 aliphatic carbocycles. The molecular weight excluding hydrogens is 388 g/mol. The van der Waals surface area contributed by atoms with Crippen molar-refractivity contribution in [1.29, 1.82) is 0 Å². The maximum atomic E-state index is 4.63. The molecule has 0 bridgehead atoms. The molecule has 32 heavy (non-hydrogen) atoms. The van der Waals surface area contributed by atoms with Gasteiger partial charge in [0.1, 0.15) is 0 Å². The predicted molar refractivity (Wildman–Crippen MR) is 140 cm³/mol. The highest BCUT2D eigenvalue weighted by molar-refractivity contribution is 5.55. The van der Waals surface area contributed by atoms with Crippen LogP contribution in [0, 0.1) is 5.92 Å². The Morgan fingerprint density at radius 1 is 0.594 bits per heavy atom. The van der Waals surface area contributed by atoms with Crippen molar-refractivity contribution in [1.82, 2.24) is 9.97 Å². The van der Waals surface area contributed by atoms with E-state index in [0.29, 0.717) is 0 Å². The normalized spacial score (nSPS) is 11.4. The molecule has 2 rings (SSSR count). The first kappa shape index (κ1) is 26.6. The lowest BCUT2D eigenvalue weighted by molar-refractivity contribution is 0.511. The Kier molecular flexibility index (Phi) is 14.0. The number of hydrogen-bond acceptors (Lipinski definition) is 2. The molecule has 0 unspecified atom stereocenters. The second kappa shape index (κ2) is 16.9. The monoisotopic (exact) mass is 436 g/mol. The minimum Gasteiger partial charge on any atom is -0.236 e. The molecule has 0 radical (unpaired) electrons. The van der Waals surface area contributed by atoms with Crippen LogP contribution in [-0.4, -0.2) is 9.97 Å². The van der Waals surface area contributed by atoms with E-state index in [0.717, 1.165) is 23.7 Å². The second-order valence-electron chi connectivity index (χ2n) is 10.0. The molecule has 2 nitrogen and oxygen atoms in total. The third-order valence-corrected chi connectivity index (χ3v) is 6.48. The summed E-state index contributed by atoms with van der Waals surface area (Å²) in [6.07, 6.45) is 25.4. The molecule has 178 valence electrons. The number of benzene rings is 1. The minimum atomic E-state index is 0.848. The quantitative estimate of drug-likeness (QED) is 0.217. The van der Waals surface area contributed by atoms with E-state index < -0.39 is 0 Å². The van der Waals surface area contributed by atoms with Gasteiger partial charge in [0, 0.05) is 18.0 Å². The third-order valence-electron chi connectivity index (χ3n) is 6.48. The Morgan fingerprint density at radius 2 is 1.09 bits per heavy atom. The molecule has 0 aliphatic heterocycles. The van der Waals surface area contributed by atoms with E-state index in [1.807, 2.05) is 12.4 Å². The molecule has 0 N–H and O–H groups in total. The first-order valence-electron chi connectivity index (χ1n) is 13.6. The highest BCUT2D eigenvalue weighted by Gasteiger charge is 2.03. The van der Waals surface area contributed by atoms with Crippen molar-refractivity contribution < 1.29 is 0 Å². The van der Waals surface area contributed by atoms with Crippen LogP contribution in [0.3, 0.4) is 0 Å². The van der Waals surface area contributed by atoms with E-state index in [2.05, 4.69) is 55.0 Å². The molecular formula is C30H48N2. The first-order chi connectivity index (χ1) is 15.7. The predicted octanol–water partition coefficient (Wildman–Crippen LogP) is 9.37. The fourth-order valence-corrected chi connectivity index (χ4v) is 4.33. The van der Waals surface area contributed by atoms with Gasteiger partial charge < -0.3 is 0 Å². The lowest BCUT2D eigenvalue weighted by Gasteiger charge is -2.06. The Morgan fingerprint density at radius 3 is 1.66 bits per heavy atom. The first-order valence-corrected chi connectivity index (χ1v) is 13.6. The number of unbranched alkanes of at least 4 members (excludes halogenated alkanes) is 11. The van der Waals surface area contributed by atoms with Crippen LogP contribution < -0.4 is 0 Å². The molecule has 0 fully saturated rings. The van der Waals surface area contributed by atoms with Gasteiger partial charge in [-0.25, -0.2) is 9.97 Å². The fraction of sp³-hybridized carbons (Fsp3) is 0.667. The molecule has 1 aromatic heterocycles. The van der Waals surface area contributed by atoms with E-state index >= 15 is 0 Å². The number of rotatable bonds is 18. The van der Waals surface area contributed by atoms with Crippen LogP contribution in [0.5, 0.6) is 0 Å². The summed E-state index contributed by atoms with van der Waals surface area (Å²) in [5.74, 6) is 1.70. The molecule has 0 spiro atoms. The Hall–Kier alpha value is -1.70. The van der Waals surface area contributed by atoms with Crippen molar-refractivity contribution in [3.63, 3.8) is 0 Å². The van der Waals surface area contributed by atoms with Crippen molar-refractivity contribution in [2.24, 2.45) is 5.92 Å². The molecule has 1 heterocycles. The van der Waals surface area contributed by atoms with E-state index in [9.17, 15) is 0 Å². The third kappa shape index (κ3) is 11.8. The molecule has 0 amide bonds. The van der Waals surface area contributed by atoms with Gasteiger partial charge in [0.15, 0.2) is 5.82 Å². The molecule has 0 saturated heterocycles. The van der Waals surface area contributed by atoms with Gasteiger partial charge in [-0.1, -0.05) is 122 Å². The van der Waals surface area contributed by atoms with Crippen molar-refractivity contribution in [2.75, 3.05) is 0 Å². The van der Waals surface area contributed by atoms with Crippen molar-refractivity contribution in [3.05, 3.63) is 47.8 Å². The highest BCUT2D eigenvalue weighted by Crippen LogP contribution is 2.18. The zero-order valence-corrected chi connectivity index (χ0v) is 21.2. The standard InChI is InChI=1S/C30H48N2/c1-4-5-6-7-8-12-15-18-27-20-22-29(23-21-27)30-31-24-28(25-32-30)19-16-13-10-9-11-14-17-26(2)3/h20-26H,4-19H2,1-3H3. The molecule has 2 heteroatoms. The van der Waals surface area contributed by atoms with E-state index in [-0.39, 0.29) is 0 Å². The average molecular weight is 437 g/mol. The molecule has 0 aliphatic rings. The van der Waals surface area contributed by atoms with E-state index in [4.69, 9.17) is 0 Å². The van der Waals surface area contributed by atoms with Gasteiger partial charge in [-0.15, -0.1) is 0 Å². The SMILES string of the molecule is CCCCCCCCCc1ccc(-c2ncc(CCCCCCCCC(C)C)cn2)cc1. The lowest BCUT2D eigenvalue weighted by Crippen LogP contribution is -1.94. The van der Waals surface area contributed by atoms with E-state index in [1.165, 1.54) is 107 Å². The fourth-order valence-electron chi connectivity index (χ4n) is 4.33. The van der Waals surface area contributed by atoms with Crippen molar-refractivity contribution in [3.8, 4) is 11.4 Å². The van der Waals surface area contributed by atoms with Gasteiger partial charge >= 0.3 is 0 Å². The maximum Gasteiger partial charge on any atom is 0.159 e. The summed E-state index contributed by atoms with van der Waals surface area (Å²) < 4.78 is 0.